The second-order valence-corrected chi connectivity index (χ2v) is 5.21. The fourth-order valence-corrected chi connectivity index (χ4v) is 2.94. The van der Waals surface area contributed by atoms with Crippen LogP contribution in [0.25, 0.3) is 11.6 Å². The number of furan rings is 1. The summed E-state index contributed by atoms with van der Waals surface area (Å²) >= 11 is 1.63. The van der Waals surface area contributed by atoms with Crippen LogP contribution in [0.2, 0.25) is 0 Å². The lowest BCUT2D eigenvalue weighted by atomic mass is 10.4. The molecule has 104 valence electrons. The molecule has 0 atom stereocenters. The molecule has 6 nitrogen and oxygen atoms in total. The Morgan fingerprint density at radius 3 is 2.90 bits per heavy atom. The van der Waals surface area contributed by atoms with Crippen LogP contribution in [0, 0.1) is 0 Å². The van der Waals surface area contributed by atoms with Crippen LogP contribution in [0.4, 0.5) is 0 Å². The SMILES string of the molecule is CCn1c(SCc2nccn2C)nnc1-c1ccco1. The summed E-state index contributed by atoms with van der Waals surface area (Å²) in [6.07, 6.45) is 5.38. The zero-order chi connectivity index (χ0) is 13.9. The Kier molecular flexibility index (Phi) is 3.60. The third-order valence-corrected chi connectivity index (χ3v) is 3.99. The Labute approximate surface area is 120 Å². The van der Waals surface area contributed by atoms with E-state index in [0.29, 0.717) is 0 Å². The van der Waals surface area contributed by atoms with E-state index in [1.54, 1.807) is 24.2 Å². The molecule has 0 N–H and O–H groups in total. The van der Waals surface area contributed by atoms with Gasteiger partial charge in [0, 0.05) is 26.0 Å². The molecule has 3 heterocycles. The minimum absolute atomic E-state index is 0.739. The number of hydrogen-bond acceptors (Lipinski definition) is 5. The lowest BCUT2D eigenvalue weighted by Crippen LogP contribution is -2.00. The molecular formula is C13H15N5OS. The summed E-state index contributed by atoms with van der Waals surface area (Å²) in [6, 6.07) is 3.74. The Balaban J connectivity index is 1.82. The van der Waals surface area contributed by atoms with Crippen molar-refractivity contribution in [3.05, 3.63) is 36.6 Å². The smallest absolute Gasteiger partial charge is 0.200 e. The molecule has 0 fully saturated rings. The Hall–Kier alpha value is -2.02. The van der Waals surface area contributed by atoms with Gasteiger partial charge in [-0.1, -0.05) is 11.8 Å². The van der Waals surface area contributed by atoms with Crippen molar-refractivity contribution in [3.8, 4) is 11.6 Å². The van der Waals surface area contributed by atoms with E-state index in [1.807, 2.05) is 34.5 Å². The highest BCUT2D eigenvalue weighted by Gasteiger charge is 2.15. The van der Waals surface area contributed by atoms with E-state index in [2.05, 4.69) is 22.1 Å². The minimum Gasteiger partial charge on any atom is -0.461 e. The van der Waals surface area contributed by atoms with E-state index in [1.165, 1.54) is 0 Å². The van der Waals surface area contributed by atoms with Crippen LogP contribution in [0.15, 0.2) is 40.4 Å². The zero-order valence-corrected chi connectivity index (χ0v) is 12.2. The second-order valence-electron chi connectivity index (χ2n) is 4.27. The molecule has 0 aliphatic heterocycles. The number of hydrogen-bond donors (Lipinski definition) is 0. The highest BCUT2D eigenvalue weighted by Crippen LogP contribution is 2.25. The number of imidazole rings is 1. The number of rotatable bonds is 5. The average molecular weight is 289 g/mol. The van der Waals surface area contributed by atoms with Crippen LogP contribution in [0.3, 0.4) is 0 Å². The number of nitrogens with zero attached hydrogens (tertiary/aromatic N) is 5. The maximum absolute atomic E-state index is 5.40. The average Bonchev–Trinajstić information content (AvgIpc) is 3.16. The minimum atomic E-state index is 0.739. The molecule has 0 saturated heterocycles. The van der Waals surface area contributed by atoms with Crippen molar-refractivity contribution < 1.29 is 4.42 Å². The topological polar surface area (TPSA) is 61.7 Å². The maximum Gasteiger partial charge on any atom is 0.200 e. The number of thioether (sulfide) groups is 1. The molecule has 0 amide bonds. The molecule has 3 aromatic rings. The standard InChI is InChI=1S/C13H15N5OS/c1-3-18-12(10-5-4-8-19-10)15-16-13(18)20-9-11-14-6-7-17(11)2/h4-8H,3,9H2,1-2H3. The van der Waals surface area contributed by atoms with E-state index < -0.39 is 0 Å². The van der Waals surface area contributed by atoms with Crippen LogP contribution in [0.5, 0.6) is 0 Å². The van der Waals surface area contributed by atoms with Crippen molar-refractivity contribution in [1.29, 1.82) is 0 Å². The first-order chi connectivity index (χ1) is 9.79. The summed E-state index contributed by atoms with van der Waals surface area (Å²) in [5.41, 5.74) is 0. The summed E-state index contributed by atoms with van der Waals surface area (Å²) in [7, 11) is 1.99. The van der Waals surface area contributed by atoms with Gasteiger partial charge >= 0.3 is 0 Å². The predicted octanol–water partition coefficient (Wildman–Crippen LogP) is 2.58. The van der Waals surface area contributed by atoms with E-state index >= 15 is 0 Å². The highest BCUT2D eigenvalue weighted by molar-refractivity contribution is 7.98. The summed E-state index contributed by atoms with van der Waals surface area (Å²) in [5.74, 6) is 3.28. The first kappa shape index (κ1) is 13.0. The highest BCUT2D eigenvalue weighted by atomic mass is 32.2. The van der Waals surface area contributed by atoms with Gasteiger partial charge in [-0.05, 0) is 19.1 Å². The zero-order valence-electron chi connectivity index (χ0n) is 11.4. The molecule has 20 heavy (non-hydrogen) atoms. The van der Waals surface area contributed by atoms with Crippen LogP contribution in [0.1, 0.15) is 12.7 Å². The van der Waals surface area contributed by atoms with Crippen LogP contribution >= 0.6 is 11.8 Å². The molecule has 0 saturated carbocycles. The molecule has 0 unspecified atom stereocenters. The van der Waals surface area contributed by atoms with Crippen LogP contribution in [-0.4, -0.2) is 24.3 Å². The Morgan fingerprint density at radius 1 is 1.35 bits per heavy atom. The van der Waals surface area contributed by atoms with Gasteiger partial charge in [-0.25, -0.2) is 4.98 Å². The van der Waals surface area contributed by atoms with Gasteiger partial charge < -0.3 is 8.98 Å². The fraction of sp³-hybridized carbons (Fsp3) is 0.308. The normalized spacial score (nSPS) is 11.1. The molecule has 0 radical (unpaired) electrons. The molecule has 0 aliphatic carbocycles. The van der Waals surface area contributed by atoms with Crippen molar-refractivity contribution in [1.82, 2.24) is 24.3 Å². The van der Waals surface area contributed by atoms with Crippen molar-refractivity contribution >= 4 is 11.8 Å². The largest absolute Gasteiger partial charge is 0.461 e. The third-order valence-electron chi connectivity index (χ3n) is 3.03. The molecule has 0 bridgehead atoms. The predicted molar refractivity (Wildman–Crippen MR) is 76.2 cm³/mol. The van der Waals surface area contributed by atoms with Gasteiger partial charge in [0.1, 0.15) is 5.82 Å². The van der Waals surface area contributed by atoms with Gasteiger partial charge in [-0.2, -0.15) is 0 Å². The molecular weight excluding hydrogens is 274 g/mol. The van der Waals surface area contributed by atoms with E-state index in [9.17, 15) is 0 Å². The monoisotopic (exact) mass is 289 g/mol. The third kappa shape index (κ3) is 2.36. The Morgan fingerprint density at radius 2 is 2.25 bits per heavy atom. The summed E-state index contributed by atoms with van der Waals surface area (Å²) in [6.45, 7) is 2.87. The second kappa shape index (κ2) is 5.54. The fourth-order valence-electron chi connectivity index (χ4n) is 1.93. The molecule has 0 aliphatic rings. The number of aryl methyl sites for hydroxylation is 1. The van der Waals surface area contributed by atoms with Crippen molar-refractivity contribution in [2.45, 2.75) is 24.4 Å². The van der Waals surface area contributed by atoms with Crippen molar-refractivity contribution in [2.75, 3.05) is 0 Å². The molecule has 0 spiro atoms. The maximum atomic E-state index is 5.40. The first-order valence-electron chi connectivity index (χ1n) is 6.35. The van der Waals surface area contributed by atoms with Crippen LogP contribution in [-0.2, 0) is 19.3 Å². The molecule has 3 aromatic heterocycles. The van der Waals surface area contributed by atoms with Gasteiger partial charge in [-0.3, -0.25) is 4.57 Å². The van der Waals surface area contributed by atoms with E-state index in [-0.39, 0.29) is 0 Å². The quantitative estimate of drug-likeness (QED) is 0.676. The lowest BCUT2D eigenvalue weighted by Gasteiger charge is -2.05. The van der Waals surface area contributed by atoms with Gasteiger partial charge in [0.15, 0.2) is 16.7 Å². The van der Waals surface area contributed by atoms with Gasteiger partial charge in [0.2, 0.25) is 0 Å². The molecule has 3 rings (SSSR count). The summed E-state index contributed by atoms with van der Waals surface area (Å²) in [5, 5.41) is 9.35. The molecule has 0 aromatic carbocycles. The van der Waals surface area contributed by atoms with E-state index in [4.69, 9.17) is 4.42 Å². The summed E-state index contributed by atoms with van der Waals surface area (Å²) < 4.78 is 9.45. The van der Waals surface area contributed by atoms with Gasteiger partial charge in [-0.15, -0.1) is 10.2 Å². The lowest BCUT2D eigenvalue weighted by molar-refractivity contribution is 0.567. The van der Waals surface area contributed by atoms with Crippen LogP contribution < -0.4 is 0 Å². The van der Waals surface area contributed by atoms with E-state index in [0.717, 1.165) is 34.9 Å². The first-order valence-corrected chi connectivity index (χ1v) is 7.34. The Bertz CT molecular complexity index is 686. The van der Waals surface area contributed by atoms with Gasteiger partial charge in [0.25, 0.3) is 0 Å². The molecule has 7 heteroatoms. The van der Waals surface area contributed by atoms with Crippen molar-refractivity contribution in [2.24, 2.45) is 7.05 Å². The van der Waals surface area contributed by atoms with Crippen molar-refractivity contribution in [3.63, 3.8) is 0 Å². The summed E-state index contributed by atoms with van der Waals surface area (Å²) in [4.78, 5) is 4.31. The number of aromatic nitrogens is 5. The van der Waals surface area contributed by atoms with Gasteiger partial charge in [0.05, 0.1) is 12.0 Å².